The number of benzene rings is 5. The van der Waals surface area contributed by atoms with E-state index in [1.807, 2.05) is 97.1 Å². The van der Waals surface area contributed by atoms with Crippen LogP contribution >= 0.6 is 11.6 Å². The first-order valence-electron chi connectivity index (χ1n) is 17.0. The van der Waals surface area contributed by atoms with Gasteiger partial charge < -0.3 is 33.9 Å². The summed E-state index contributed by atoms with van der Waals surface area (Å²) in [6, 6.07) is 39.2. The summed E-state index contributed by atoms with van der Waals surface area (Å²) in [6.45, 7) is 1.91. The molecule has 0 bridgehead atoms. The lowest BCUT2D eigenvalue weighted by Gasteiger charge is -2.50. The lowest BCUT2D eigenvalue weighted by atomic mass is 9.87. The van der Waals surface area contributed by atoms with Gasteiger partial charge in [0.1, 0.15) is 24.4 Å². The molecule has 5 unspecified atom stereocenters. The van der Waals surface area contributed by atoms with Gasteiger partial charge >= 0.3 is 0 Å². The molecule has 0 aromatic heterocycles. The zero-order valence-electron chi connectivity index (χ0n) is 28.4. The molecule has 1 aliphatic rings. The third-order valence-electron chi connectivity index (χ3n) is 8.85. The Bertz CT molecular complexity index is 1830. The van der Waals surface area contributed by atoms with Crippen molar-refractivity contribution in [3.63, 3.8) is 0 Å². The summed E-state index contributed by atoms with van der Waals surface area (Å²) in [5.41, 5.74) is 4.74. The smallest absolute Gasteiger partial charge is 0.219 e. The quantitative estimate of drug-likeness (QED) is 0.114. The van der Waals surface area contributed by atoms with Gasteiger partial charge in [-0.2, -0.15) is 0 Å². The molecule has 5 aromatic rings. The Kier molecular flexibility index (Phi) is 12.5. The number of halogens is 2. The Morgan fingerprint density at radius 2 is 1.27 bits per heavy atom. The van der Waals surface area contributed by atoms with E-state index >= 15 is 0 Å². The summed E-state index contributed by atoms with van der Waals surface area (Å²) >= 11 is 6.71. The molecule has 9 heteroatoms. The first-order valence-corrected chi connectivity index (χ1v) is 17.4. The molecule has 51 heavy (non-hydrogen) atoms. The fraction of sp³-hybridized carbons (Fsp3) is 0.286. The van der Waals surface area contributed by atoms with Crippen LogP contribution < -0.4 is 4.74 Å². The van der Waals surface area contributed by atoms with Crippen LogP contribution in [0, 0.1) is 5.82 Å². The van der Waals surface area contributed by atoms with Crippen molar-refractivity contribution in [1.29, 1.82) is 0 Å². The number of hydrogen-bond acceptors (Lipinski definition) is 7. The standard InChI is InChI=1S/C42H42ClFO7/c1-2-47-37-21-18-32(23-36(37)44)22-34-24-33(19-20-35(34)43)38-39(48-25-29-12-6-3-7-13-29)40(49-26-30-14-8-4-9-15-30)41(42(46,28-45)51-38)50-27-31-16-10-5-11-17-31/h3-21,23-24,38-41,45-46H,2,22,25-28H2,1H3. The fourth-order valence-corrected chi connectivity index (χ4v) is 6.46. The molecule has 1 aliphatic heterocycles. The Morgan fingerprint density at radius 1 is 0.706 bits per heavy atom. The lowest BCUT2D eigenvalue weighted by molar-refractivity contribution is -0.376. The predicted octanol–water partition coefficient (Wildman–Crippen LogP) is 7.98. The maximum absolute atomic E-state index is 14.8. The predicted molar refractivity (Wildman–Crippen MR) is 193 cm³/mol. The monoisotopic (exact) mass is 712 g/mol. The van der Waals surface area contributed by atoms with Crippen molar-refractivity contribution in [2.24, 2.45) is 0 Å². The van der Waals surface area contributed by atoms with Gasteiger partial charge in [-0.15, -0.1) is 0 Å². The van der Waals surface area contributed by atoms with Gasteiger partial charge in [0.2, 0.25) is 5.79 Å². The van der Waals surface area contributed by atoms with Crippen molar-refractivity contribution < 1.29 is 38.3 Å². The fourth-order valence-electron chi connectivity index (χ4n) is 6.28. The van der Waals surface area contributed by atoms with E-state index in [9.17, 15) is 14.6 Å². The average molecular weight is 713 g/mol. The Labute approximate surface area is 303 Å². The van der Waals surface area contributed by atoms with Crippen molar-refractivity contribution in [3.05, 3.63) is 172 Å². The zero-order valence-corrected chi connectivity index (χ0v) is 29.1. The van der Waals surface area contributed by atoms with Crippen molar-refractivity contribution in [3.8, 4) is 5.75 Å². The Morgan fingerprint density at radius 3 is 1.82 bits per heavy atom. The molecule has 2 N–H and O–H groups in total. The first-order chi connectivity index (χ1) is 24.9. The molecule has 5 aromatic carbocycles. The highest BCUT2D eigenvalue weighted by atomic mass is 35.5. The van der Waals surface area contributed by atoms with Crippen LogP contribution in [0.4, 0.5) is 4.39 Å². The van der Waals surface area contributed by atoms with Gasteiger partial charge in [0.25, 0.3) is 0 Å². The van der Waals surface area contributed by atoms with Gasteiger partial charge in [-0.3, -0.25) is 0 Å². The minimum atomic E-state index is -2.18. The van der Waals surface area contributed by atoms with Crippen molar-refractivity contribution in [2.75, 3.05) is 13.2 Å². The molecule has 0 spiro atoms. The minimum Gasteiger partial charge on any atom is -0.491 e. The molecule has 0 aliphatic carbocycles. The number of aliphatic hydroxyl groups excluding tert-OH is 1. The van der Waals surface area contributed by atoms with Gasteiger partial charge in [-0.25, -0.2) is 4.39 Å². The van der Waals surface area contributed by atoms with E-state index in [0.29, 0.717) is 34.7 Å². The molecule has 1 fully saturated rings. The minimum absolute atomic E-state index is 0.127. The van der Waals surface area contributed by atoms with Crippen LogP contribution in [0.15, 0.2) is 127 Å². The van der Waals surface area contributed by atoms with E-state index in [1.54, 1.807) is 31.2 Å². The third kappa shape index (κ3) is 9.22. The van der Waals surface area contributed by atoms with E-state index < -0.39 is 42.6 Å². The first kappa shape index (κ1) is 36.7. The van der Waals surface area contributed by atoms with Crippen LogP contribution in [-0.2, 0) is 45.2 Å². The molecular formula is C42H42ClFO7. The highest BCUT2D eigenvalue weighted by Crippen LogP contribution is 2.43. The summed E-state index contributed by atoms with van der Waals surface area (Å²) in [5, 5.41) is 23.3. The average Bonchev–Trinajstić information content (AvgIpc) is 3.16. The van der Waals surface area contributed by atoms with Crippen molar-refractivity contribution >= 4 is 11.6 Å². The molecule has 0 amide bonds. The molecule has 1 heterocycles. The van der Waals surface area contributed by atoms with Crippen LogP contribution in [0.5, 0.6) is 5.75 Å². The second-order valence-electron chi connectivity index (χ2n) is 12.5. The van der Waals surface area contributed by atoms with E-state index in [4.69, 9.17) is 35.3 Å². The molecule has 5 atom stereocenters. The second-order valence-corrected chi connectivity index (χ2v) is 12.9. The summed E-state index contributed by atoms with van der Waals surface area (Å²) < 4.78 is 46.3. The van der Waals surface area contributed by atoms with Crippen molar-refractivity contribution in [1.82, 2.24) is 0 Å². The van der Waals surface area contributed by atoms with Gasteiger partial charge in [0, 0.05) is 5.02 Å². The Balaban J connectivity index is 1.38. The van der Waals surface area contributed by atoms with Gasteiger partial charge in [0.05, 0.1) is 33.0 Å². The number of rotatable bonds is 15. The highest BCUT2D eigenvalue weighted by Gasteiger charge is 2.56. The zero-order chi connectivity index (χ0) is 35.6. The molecule has 266 valence electrons. The van der Waals surface area contributed by atoms with E-state index in [1.165, 1.54) is 6.07 Å². The van der Waals surface area contributed by atoms with Crippen LogP contribution in [0.2, 0.25) is 5.02 Å². The largest absolute Gasteiger partial charge is 0.491 e. The molecule has 0 radical (unpaired) electrons. The normalized spacial score (nSPS) is 21.7. The number of ether oxygens (including phenoxy) is 5. The molecule has 1 saturated heterocycles. The van der Waals surface area contributed by atoms with Crippen LogP contribution in [-0.4, -0.2) is 47.5 Å². The molecule has 7 nitrogen and oxygen atoms in total. The summed E-state index contributed by atoms with van der Waals surface area (Å²) in [5.74, 6) is -2.45. The van der Waals surface area contributed by atoms with E-state index in [-0.39, 0.29) is 25.6 Å². The summed E-state index contributed by atoms with van der Waals surface area (Å²) in [4.78, 5) is 0. The van der Waals surface area contributed by atoms with Crippen LogP contribution in [0.3, 0.4) is 0 Å². The molecule has 0 saturated carbocycles. The maximum atomic E-state index is 14.8. The second kappa shape index (κ2) is 17.4. The highest BCUT2D eigenvalue weighted by molar-refractivity contribution is 6.31. The number of aliphatic hydroxyl groups is 2. The maximum Gasteiger partial charge on any atom is 0.219 e. The third-order valence-corrected chi connectivity index (χ3v) is 9.22. The summed E-state index contributed by atoms with van der Waals surface area (Å²) in [7, 11) is 0. The van der Waals surface area contributed by atoms with Crippen LogP contribution in [0.1, 0.15) is 46.4 Å². The topological polar surface area (TPSA) is 86.6 Å². The van der Waals surface area contributed by atoms with Crippen molar-refractivity contribution in [2.45, 2.75) is 63.4 Å². The van der Waals surface area contributed by atoms with Gasteiger partial charge in [-0.05, 0) is 64.9 Å². The molecular weight excluding hydrogens is 671 g/mol. The van der Waals surface area contributed by atoms with E-state index in [2.05, 4.69) is 0 Å². The van der Waals surface area contributed by atoms with Gasteiger partial charge in [0.15, 0.2) is 11.6 Å². The Hall–Kier alpha value is -4.12. The lowest BCUT2D eigenvalue weighted by Crippen LogP contribution is -2.65. The molecule has 6 rings (SSSR count). The number of hydrogen-bond donors (Lipinski definition) is 2. The van der Waals surface area contributed by atoms with E-state index in [0.717, 1.165) is 16.7 Å². The summed E-state index contributed by atoms with van der Waals surface area (Å²) in [6.07, 6.45) is -3.50. The SMILES string of the molecule is CCOc1ccc(Cc2cc(C3OC(O)(CO)C(OCc4ccccc4)C(OCc4ccccc4)C3OCc3ccccc3)ccc2Cl)cc1F. The van der Waals surface area contributed by atoms with Gasteiger partial charge in [-0.1, -0.05) is 121 Å². The van der Waals surface area contributed by atoms with Crippen LogP contribution in [0.25, 0.3) is 0 Å².